The predicted octanol–water partition coefficient (Wildman–Crippen LogP) is 1.47. The number of carbonyl (C=O) groups is 1. The zero-order chi connectivity index (χ0) is 18.4. The molecular formula is C17H23N3O3S2. The summed E-state index contributed by atoms with van der Waals surface area (Å²) in [4.78, 5) is 20.2. The summed E-state index contributed by atoms with van der Waals surface area (Å²) in [6.07, 6.45) is 0. The molecule has 1 fully saturated rings. The molecular weight excluding hydrogens is 358 g/mol. The summed E-state index contributed by atoms with van der Waals surface area (Å²) in [6.45, 7) is 4.05. The molecule has 0 N–H and O–H groups in total. The maximum Gasteiger partial charge on any atom is 0.232 e. The van der Waals surface area contributed by atoms with E-state index in [2.05, 4.69) is 11.1 Å². The zero-order valence-corrected chi connectivity index (χ0v) is 16.5. The number of amides is 1. The number of anilines is 1. The average Bonchev–Trinajstić information content (AvgIpc) is 2.96. The molecule has 1 aromatic rings. The monoisotopic (exact) mass is 381 g/mol. The highest BCUT2D eigenvalue weighted by molar-refractivity contribution is 8.14. The Balaban J connectivity index is 1.93. The van der Waals surface area contributed by atoms with Crippen LogP contribution in [0.15, 0.2) is 23.2 Å². The molecule has 0 aromatic heterocycles. The molecule has 2 heterocycles. The number of aliphatic imine (C=N–C) groups is 1. The van der Waals surface area contributed by atoms with Gasteiger partial charge in [0.15, 0.2) is 15.0 Å². The molecule has 3 rings (SSSR count). The third-order valence-electron chi connectivity index (χ3n) is 4.54. The molecule has 6 nitrogen and oxygen atoms in total. The van der Waals surface area contributed by atoms with E-state index in [9.17, 15) is 13.2 Å². The summed E-state index contributed by atoms with van der Waals surface area (Å²) in [5.41, 5.74) is 3.21. The number of fused-ring (bicyclic) bond motifs is 1. The first-order chi connectivity index (χ1) is 11.7. The van der Waals surface area contributed by atoms with Gasteiger partial charge in [0.05, 0.1) is 29.3 Å². The lowest BCUT2D eigenvalue weighted by Crippen LogP contribution is -2.40. The molecule has 0 spiro atoms. The Kier molecular flexibility index (Phi) is 4.85. The van der Waals surface area contributed by atoms with Crippen molar-refractivity contribution >= 4 is 38.4 Å². The van der Waals surface area contributed by atoms with Gasteiger partial charge in [0.1, 0.15) is 0 Å². The highest BCUT2D eigenvalue weighted by Gasteiger charge is 2.47. The van der Waals surface area contributed by atoms with E-state index < -0.39 is 9.84 Å². The van der Waals surface area contributed by atoms with E-state index in [0.717, 1.165) is 22.0 Å². The van der Waals surface area contributed by atoms with Crippen molar-refractivity contribution in [2.45, 2.75) is 25.9 Å². The van der Waals surface area contributed by atoms with Gasteiger partial charge in [-0.05, 0) is 25.5 Å². The molecule has 0 bridgehead atoms. The van der Waals surface area contributed by atoms with Crippen molar-refractivity contribution < 1.29 is 13.2 Å². The average molecular weight is 382 g/mol. The summed E-state index contributed by atoms with van der Waals surface area (Å²) < 4.78 is 24.1. The van der Waals surface area contributed by atoms with Gasteiger partial charge in [-0.2, -0.15) is 0 Å². The Morgan fingerprint density at radius 2 is 2.04 bits per heavy atom. The minimum atomic E-state index is -3.07. The summed E-state index contributed by atoms with van der Waals surface area (Å²) in [5.74, 6) is 0.502. The number of amidine groups is 1. The lowest BCUT2D eigenvalue weighted by Gasteiger charge is -2.28. The van der Waals surface area contributed by atoms with E-state index in [1.807, 2.05) is 30.9 Å². The highest BCUT2D eigenvalue weighted by Crippen LogP contribution is 2.36. The van der Waals surface area contributed by atoms with E-state index in [1.165, 1.54) is 11.8 Å². The van der Waals surface area contributed by atoms with Crippen LogP contribution in [-0.4, -0.2) is 67.8 Å². The molecule has 2 atom stereocenters. The van der Waals surface area contributed by atoms with Crippen molar-refractivity contribution in [1.82, 2.24) is 4.90 Å². The summed E-state index contributed by atoms with van der Waals surface area (Å²) in [7, 11) is 0.381. The van der Waals surface area contributed by atoms with E-state index in [4.69, 9.17) is 0 Å². The molecule has 1 saturated heterocycles. The number of aryl methyl sites for hydroxylation is 2. The largest absolute Gasteiger partial charge is 0.348 e. The zero-order valence-electron chi connectivity index (χ0n) is 14.9. The lowest BCUT2D eigenvalue weighted by molar-refractivity contribution is -0.125. The molecule has 2 aliphatic rings. The van der Waals surface area contributed by atoms with Crippen molar-refractivity contribution in [3.05, 3.63) is 29.3 Å². The molecule has 1 amide bonds. The van der Waals surface area contributed by atoms with Gasteiger partial charge < -0.3 is 9.80 Å². The Bertz CT molecular complexity index is 834. The van der Waals surface area contributed by atoms with Crippen molar-refractivity contribution in [3.63, 3.8) is 0 Å². The number of benzene rings is 1. The fourth-order valence-corrected chi connectivity index (χ4v) is 6.18. The Morgan fingerprint density at radius 3 is 2.68 bits per heavy atom. The minimum Gasteiger partial charge on any atom is -0.348 e. The van der Waals surface area contributed by atoms with Crippen LogP contribution in [0.25, 0.3) is 0 Å². The molecule has 2 aliphatic heterocycles. The second-order valence-corrected chi connectivity index (χ2v) is 9.96. The topological polar surface area (TPSA) is 70.1 Å². The molecule has 8 heteroatoms. The third-order valence-corrected chi connectivity index (χ3v) is 7.19. The van der Waals surface area contributed by atoms with Crippen molar-refractivity contribution in [2.24, 2.45) is 4.99 Å². The first-order valence-electron chi connectivity index (χ1n) is 8.15. The maximum atomic E-state index is 12.1. The maximum absolute atomic E-state index is 12.1. The van der Waals surface area contributed by atoms with Crippen molar-refractivity contribution in [3.8, 4) is 0 Å². The Labute approximate surface area is 153 Å². The van der Waals surface area contributed by atoms with Crippen LogP contribution in [0, 0.1) is 13.8 Å². The number of rotatable bonds is 3. The normalized spacial score (nSPS) is 24.2. The quantitative estimate of drug-likeness (QED) is 0.793. The fourth-order valence-electron chi connectivity index (χ4n) is 3.25. The summed E-state index contributed by atoms with van der Waals surface area (Å²) >= 11 is 1.38. The van der Waals surface area contributed by atoms with E-state index in [0.29, 0.717) is 5.75 Å². The second-order valence-electron chi connectivity index (χ2n) is 6.86. The Hall–Kier alpha value is -1.54. The van der Waals surface area contributed by atoms with Gasteiger partial charge in [-0.25, -0.2) is 8.42 Å². The number of sulfone groups is 1. The number of hydrogen-bond donors (Lipinski definition) is 0. The van der Waals surface area contributed by atoms with Crippen molar-refractivity contribution in [2.75, 3.05) is 36.3 Å². The van der Waals surface area contributed by atoms with Crippen LogP contribution in [0.5, 0.6) is 0 Å². The SMILES string of the molecule is Cc1ccc(N2C(SCC(=O)N(C)C)=N[C@@H]3CS(=O)(=O)C[C@H]32)c(C)c1. The van der Waals surface area contributed by atoms with Crippen LogP contribution in [0.4, 0.5) is 5.69 Å². The molecule has 25 heavy (non-hydrogen) atoms. The molecule has 0 unspecified atom stereocenters. The van der Waals surface area contributed by atoms with E-state index in [-0.39, 0.29) is 29.5 Å². The number of hydrogen-bond acceptors (Lipinski definition) is 6. The third kappa shape index (κ3) is 3.69. The second kappa shape index (κ2) is 6.64. The molecule has 136 valence electrons. The van der Waals surface area contributed by atoms with Crippen LogP contribution >= 0.6 is 11.8 Å². The number of thioether (sulfide) groups is 1. The number of carbonyl (C=O) groups excluding carboxylic acids is 1. The minimum absolute atomic E-state index is 0.0120. The summed E-state index contributed by atoms with van der Waals surface area (Å²) in [5, 5.41) is 0.743. The first-order valence-corrected chi connectivity index (χ1v) is 11.0. The van der Waals surface area contributed by atoms with Gasteiger partial charge >= 0.3 is 0 Å². The molecule has 1 aromatic carbocycles. The predicted molar refractivity (Wildman–Crippen MR) is 103 cm³/mol. The van der Waals surface area contributed by atoms with Gasteiger partial charge in [-0.15, -0.1) is 0 Å². The van der Waals surface area contributed by atoms with Gasteiger partial charge in [-0.1, -0.05) is 29.5 Å². The van der Waals surface area contributed by atoms with Crippen molar-refractivity contribution in [1.29, 1.82) is 0 Å². The van der Waals surface area contributed by atoms with Gasteiger partial charge in [-0.3, -0.25) is 9.79 Å². The standard InChI is InChI=1S/C17H23N3O3S2/c1-11-5-6-14(12(2)7-11)20-15-10-25(22,23)9-13(15)18-17(20)24-8-16(21)19(3)4/h5-7,13,15H,8-10H2,1-4H3/t13-,15-/m1/s1. The first kappa shape index (κ1) is 18.3. The van der Waals surface area contributed by atoms with Gasteiger partial charge in [0.2, 0.25) is 5.91 Å². The van der Waals surface area contributed by atoms with Crippen LogP contribution in [0.3, 0.4) is 0 Å². The Morgan fingerprint density at radius 1 is 1.32 bits per heavy atom. The van der Waals surface area contributed by atoms with Crippen LogP contribution in [-0.2, 0) is 14.6 Å². The summed E-state index contributed by atoms with van der Waals surface area (Å²) in [6, 6.07) is 5.69. The van der Waals surface area contributed by atoms with Gasteiger partial charge in [0, 0.05) is 19.8 Å². The van der Waals surface area contributed by atoms with Crippen LogP contribution < -0.4 is 4.90 Å². The van der Waals surface area contributed by atoms with E-state index in [1.54, 1.807) is 19.0 Å². The van der Waals surface area contributed by atoms with Crippen LogP contribution in [0.1, 0.15) is 11.1 Å². The molecule has 0 aliphatic carbocycles. The number of nitrogens with zero attached hydrogens (tertiary/aromatic N) is 3. The van der Waals surface area contributed by atoms with Gasteiger partial charge in [0.25, 0.3) is 0 Å². The molecule has 0 saturated carbocycles. The van der Waals surface area contributed by atoms with E-state index >= 15 is 0 Å². The lowest BCUT2D eigenvalue weighted by atomic mass is 10.1. The smallest absolute Gasteiger partial charge is 0.232 e. The van der Waals surface area contributed by atoms with Crippen LogP contribution in [0.2, 0.25) is 0 Å². The molecule has 0 radical (unpaired) electrons. The fraction of sp³-hybridized carbons (Fsp3) is 0.529. The highest BCUT2D eigenvalue weighted by atomic mass is 32.2.